The van der Waals surface area contributed by atoms with Crippen molar-refractivity contribution in [3.05, 3.63) is 0 Å². The summed E-state index contributed by atoms with van der Waals surface area (Å²) in [7, 11) is 0. The molecule has 2 fully saturated rings. The van der Waals surface area contributed by atoms with Crippen molar-refractivity contribution in [1.29, 1.82) is 0 Å². The van der Waals surface area contributed by atoms with Crippen LogP contribution < -0.4 is 5.32 Å². The lowest BCUT2D eigenvalue weighted by atomic mass is 10.3. The first kappa shape index (κ1) is 10.9. The highest BCUT2D eigenvalue weighted by molar-refractivity contribution is 5.78. The van der Waals surface area contributed by atoms with Gasteiger partial charge in [0, 0.05) is 32.2 Å². The molecule has 2 aliphatic rings. The average Bonchev–Trinajstić information content (AvgIpc) is 3.10. The molecule has 0 aromatic carbocycles. The minimum absolute atomic E-state index is 0.276. The summed E-state index contributed by atoms with van der Waals surface area (Å²) in [6, 6.07) is 0.630. The lowest BCUT2D eigenvalue weighted by molar-refractivity contribution is -0.131. The van der Waals surface area contributed by atoms with Gasteiger partial charge in [-0.2, -0.15) is 0 Å². The van der Waals surface area contributed by atoms with Gasteiger partial charge in [-0.15, -0.1) is 0 Å². The fourth-order valence-electron chi connectivity index (χ4n) is 1.94. The van der Waals surface area contributed by atoms with Crippen molar-refractivity contribution in [2.24, 2.45) is 0 Å². The molecule has 1 amide bonds. The second kappa shape index (κ2) is 4.94. The molecule has 4 heteroatoms. The molecule has 0 aromatic heterocycles. The number of nitrogens with one attached hydrogen (secondary N) is 1. The van der Waals surface area contributed by atoms with E-state index in [0.29, 0.717) is 12.6 Å². The molecule has 86 valence electrons. The van der Waals surface area contributed by atoms with Gasteiger partial charge in [-0.1, -0.05) is 6.92 Å². The molecule has 2 rings (SSSR count). The summed E-state index contributed by atoms with van der Waals surface area (Å²) < 4.78 is 0. The van der Waals surface area contributed by atoms with E-state index in [0.717, 1.165) is 32.7 Å². The maximum atomic E-state index is 11.8. The van der Waals surface area contributed by atoms with Crippen molar-refractivity contribution in [2.75, 3.05) is 39.3 Å². The van der Waals surface area contributed by atoms with Gasteiger partial charge in [-0.05, 0) is 19.4 Å². The predicted molar refractivity (Wildman–Crippen MR) is 59.7 cm³/mol. The first-order chi connectivity index (χ1) is 7.29. The molecule has 1 saturated heterocycles. The van der Waals surface area contributed by atoms with Crippen LogP contribution in [0.2, 0.25) is 0 Å². The smallest absolute Gasteiger partial charge is 0.236 e. The zero-order valence-corrected chi connectivity index (χ0v) is 9.54. The highest BCUT2D eigenvalue weighted by Crippen LogP contribution is 2.18. The Morgan fingerprint density at radius 1 is 1.27 bits per heavy atom. The van der Waals surface area contributed by atoms with E-state index in [1.54, 1.807) is 0 Å². The van der Waals surface area contributed by atoms with Crippen molar-refractivity contribution < 1.29 is 4.79 Å². The highest BCUT2D eigenvalue weighted by atomic mass is 16.2. The minimum atomic E-state index is 0.276. The number of piperazine rings is 1. The molecule has 0 bridgehead atoms. The quantitative estimate of drug-likeness (QED) is 0.705. The molecular weight excluding hydrogens is 190 g/mol. The lowest BCUT2D eigenvalue weighted by Gasteiger charge is -2.34. The van der Waals surface area contributed by atoms with E-state index in [2.05, 4.69) is 17.1 Å². The van der Waals surface area contributed by atoms with Crippen molar-refractivity contribution in [2.45, 2.75) is 25.8 Å². The number of likely N-dealkylation sites (N-methyl/N-ethyl adjacent to an activating group) is 1. The Bertz CT molecular complexity index is 220. The van der Waals surface area contributed by atoms with E-state index >= 15 is 0 Å². The van der Waals surface area contributed by atoms with E-state index < -0.39 is 0 Å². The summed E-state index contributed by atoms with van der Waals surface area (Å²) in [4.78, 5) is 16.1. The fourth-order valence-corrected chi connectivity index (χ4v) is 1.94. The normalized spacial score (nSPS) is 23.1. The van der Waals surface area contributed by atoms with Gasteiger partial charge in [0.15, 0.2) is 0 Å². The third-order valence-electron chi connectivity index (χ3n) is 3.29. The summed E-state index contributed by atoms with van der Waals surface area (Å²) >= 11 is 0. The van der Waals surface area contributed by atoms with Crippen LogP contribution >= 0.6 is 0 Å². The Kier molecular flexibility index (Phi) is 3.59. The van der Waals surface area contributed by atoms with E-state index in [1.165, 1.54) is 12.8 Å². The van der Waals surface area contributed by atoms with Crippen LogP contribution in [0.15, 0.2) is 0 Å². The van der Waals surface area contributed by atoms with E-state index in [4.69, 9.17) is 0 Å². The third kappa shape index (κ3) is 3.18. The van der Waals surface area contributed by atoms with Crippen molar-refractivity contribution in [1.82, 2.24) is 15.1 Å². The van der Waals surface area contributed by atoms with Gasteiger partial charge in [0.25, 0.3) is 0 Å². The lowest BCUT2D eigenvalue weighted by Crippen LogP contribution is -2.50. The van der Waals surface area contributed by atoms with Crippen LogP contribution in [0.4, 0.5) is 0 Å². The SMILES string of the molecule is CCN1CCN(C(=O)CNC2CC2)CC1. The molecule has 1 heterocycles. The molecule has 0 atom stereocenters. The molecule has 0 aromatic rings. The molecule has 0 spiro atoms. The fraction of sp³-hybridized carbons (Fsp3) is 0.909. The molecular formula is C11H21N3O. The van der Waals surface area contributed by atoms with Crippen LogP contribution in [-0.2, 0) is 4.79 Å². The van der Waals surface area contributed by atoms with Gasteiger partial charge in [0.1, 0.15) is 0 Å². The second-order valence-corrected chi connectivity index (χ2v) is 4.47. The Morgan fingerprint density at radius 2 is 1.93 bits per heavy atom. The molecule has 0 radical (unpaired) electrons. The Labute approximate surface area is 91.6 Å². The first-order valence-corrected chi connectivity index (χ1v) is 6.03. The maximum Gasteiger partial charge on any atom is 0.236 e. The first-order valence-electron chi connectivity index (χ1n) is 6.03. The van der Waals surface area contributed by atoms with Crippen molar-refractivity contribution in [3.8, 4) is 0 Å². The molecule has 1 aliphatic heterocycles. The predicted octanol–water partition coefficient (Wildman–Crippen LogP) is -0.0975. The van der Waals surface area contributed by atoms with Gasteiger partial charge in [0.05, 0.1) is 6.54 Å². The van der Waals surface area contributed by atoms with Crippen LogP contribution in [0.5, 0.6) is 0 Å². The van der Waals surface area contributed by atoms with Gasteiger partial charge in [-0.25, -0.2) is 0 Å². The third-order valence-corrected chi connectivity index (χ3v) is 3.29. The van der Waals surface area contributed by atoms with Crippen LogP contribution in [0.1, 0.15) is 19.8 Å². The molecule has 4 nitrogen and oxygen atoms in total. The van der Waals surface area contributed by atoms with Crippen LogP contribution in [-0.4, -0.2) is 61.0 Å². The number of hydrogen-bond donors (Lipinski definition) is 1. The number of carbonyl (C=O) groups is 1. The van der Waals surface area contributed by atoms with E-state index in [1.807, 2.05) is 4.90 Å². The molecule has 1 saturated carbocycles. The number of carbonyl (C=O) groups excluding carboxylic acids is 1. The summed E-state index contributed by atoms with van der Waals surface area (Å²) in [5, 5.41) is 3.27. The maximum absolute atomic E-state index is 11.8. The standard InChI is InChI=1S/C11H21N3O/c1-2-13-5-7-14(8-6-13)11(15)9-12-10-3-4-10/h10,12H,2-9H2,1H3. The molecule has 15 heavy (non-hydrogen) atoms. The molecule has 1 N–H and O–H groups in total. The number of nitrogens with zero attached hydrogens (tertiary/aromatic N) is 2. The van der Waals surface area contributed by atoms with Crippen LogP contribution in [0.3, 0.4) is 0 Å². The largest absolute Gasteiger partial charge is 0.339 e. The monoisotopic (exact) mass is 211 g/mol. The van der Waals surface area contributed by atoms with E-state index in [-0.39, 0.29) is 5.91 Å². The Balaban J connectivity index is 1.66. The topological polar surface area (TPSA) is 35.6 Å². The van der Waals surface area contributed by atoms with Gasteiger partial charge in [-0.3, -0.25) is 4.79 Å². The van der Waals surface area contributed by atoms with E-state index in [9.17, 15) is 4.79 Å². The van der Waals surface area contributed by atoms with Crippen molar-refractivity contribution in [3.63, 3.8) is 0 Å². The minimum Gasteiger partial charge on any atom is -0.339 e. The van der Waals surface area contributed by atoms with Gasteiger partial charge < -0.3 is 15.1 Å². The zero-order chi connectivity index (χ0) is 10.7. The Morgan fingerprint density at radius 3 is 2.47 bits per heavy atom. The van der Waals surface area contributed by atoms with Crippen LogP contribution in [0, 0.1) is 0 Å². The Hall–Kier alpha value is -0.610. The summed E-state index contributed by atoms with van der Waals surface area (Å²) in [5.41, 5.74) is 0. The number of amides is 1. The van der Waals surface area contributed by atoms with Gasteiger partial charge in [0.2, 0.25) is 5.91 Å². The van der Waals surface area contributed by atoms with Crippen LogP contribution in [0.25, 0.3) is 0 Å². The second-order valence-electron chi connectivity index (χ2n) is 4.47. The summed E-state index contributed by atoms with van der Waals surface area (Å²) in [5.74, 6) is 0.276. The van der Waals surface area contributed by atoms with Crippen molar-refractivity contribution >= 4 is 5.91 Å². The number of hydrogen-bond acceptors (Lipinski definition) is 3. The molecule has 1 aliphatic carbocycles. The summed E-state index contributed by atoms with van der Waals surface area (Å²) in [6.07, 6.45) is 2.49. The number of rotatable bonds is 4. The highest BCUT2D eigenvalue weighted by Gasteiger charge is 2.24. The van der Waals surface area contributed by atoms with Gasteiger partial charge >= 0.3 is 0 Å². The summed E-state index contributed by atoms with van der Waals surface area (Å²) in [6.45, 7) is 7.68. The average molecular weight is 211 g/mol. The zero-order valence-electron chi connectivity index (χ0n) is 9.54. The molecule has 0 unspecified atom stereocenters.